The lowest BCUT2D eigenvalue weighted by Gasteiger charge is -2.25. The third-order valence-electron chi connectivity index (χ3n) is 5.00. The van der Waals surface area contributed by atoms with Gasteiger partial charge in [0, 0.05) is 31.1 Å². The number of carbonyl (C=O) groups is 1. The highest BCUT2D eigenvalue weighted by molar-refractivity contribution is 7.91. The van der Waals surface area contributed by atoms with E-state index < -0.39 is 10.0 Å². The van der Waals surface area contributed by atoms with E-state index in [1.54, 1.807) is 16.4 Å². The van der Waals surface area contributed by atoms with Crippen molar-refractivity contribution in [3.8, 4) is 0 Å². The van der Waals surface area contributed by atoms with Crippen LogP contribution in [-0.4, -0.2) is 63.3 Å². The van der Waals surface area contributed by atoms with Crippen molar-refractivity contribution in [2.24, 2.45) is 5.92 Å². The molecule has 0 aliphatic carbocycles. The van der Waals surface area contributed by atoms with Crippen molar-refractivity contribution in [3.05, 3.63) is 17.0 Å². The molecule has 1 N–H and O–H groups in total. The predicted molar refractivity (Wildman–Crippen MR) is 99.2 cm³/mol. The van der Waals surface area contributed by atoms with Crippen LogP contribution in [0.25, 0.3) is 0 Å². The monoisotopic (exact) mass is 385 g/mol. The Kier molecular flexibility index (Phi) is 6.14. The topological polar surface area (TPSA) is 69.7 Å². The van der Waals surface area contributed by atoms with Crippen molar-refractivity contribution in [2.75, 3.05) is 39.8 Å². The van der Waals surface area contributed by atoms with E-state index in [-0.39, 0.29) is 5.91 Å². The van der Waals surface area contributed by atoms with Crippen LogP contribution < -0.4 is 5.32 Å². The minimum absolute atomic E-state index is 0.0994. The second-order valence-electron chi connectivity index (χ2n) is 6.91. The fourth-order valence-electron chi connectivity index (χ4n) is 3.60. The molecule has 1 atom stereocenters. The molecule has 2 fully saturated rings. The summed E-state index contributed by atoms with van der Waals surface area (Å²) < 4.78 is 27.3. The summed E-state index contributed by atoms with van der Waals surface area (Å²) >= 11 is 1.24. The Bertz CT molecular complexity index is 696. The van der Waals surface area contributed by atoms with Gasteiger partial charge in [-0.1, -0.05) is 6.42 Å². The van der Waals surface area contributed by atoms with Crippen LogP contribution in [0.5, 0.6) is 0 Å². The molecular weight excluding hydrogens is 358 g/mol. The Labute approximate surface area is 154 Å². The first kappa shape index (κ1) is 18.8. The lowest BCUT2D eigenvalue weighted by Crippen LogP contribution is -2.35. The van der Waals surface area contributed by atoms with E-state index in [1.807, 2.05) is 11.9 Å². The zero-order chi connectivity index (χ0) is 17.9. The predicted octanol–water partition coefficient (Wildman–Crippen LogP) is 1.53. The van der Waals surface area contributed by atoms with Gasteiger partial charge in [0.15, 0.2) is 0 Å². The van der Waals surface area contributed by atoms with Crippen LogP contribution in [0.15, 0.2) is 16.3 Å². The van der Waals surface area contributed by atoms with Crippen molar-refractivity contribution >= 4 is 27.3 Å². The fraction of sp³-hybridized carbons (Fsp3) is 0.706. The number of thiophene rings is 1. The number of nitrogens with zero attached hydrogens (tertiary/aromatic N) is 2. The van der Waals surface area contributed by atoms with Crippen molar-refractivity contribution < 1.29 is 13.2 Å². The number of likely N-dealkylation sites (tertiary alicyclic amines) is 1. The zero-order valence-electron chi connectivity index (χ0n) is 14.7. The molecule has 1 amide bonds. The average molecular weight is 386 g/mol. The van der Waals surface area contributed by atoms with Gasteiger partial charge in [0.1, 0.15) is 4.21 Å². The van der Waals surface area contributed by atoms with Crippen LogP contribution >= 0.6 is 11.3 Å². The SMILES string of the molecule is CNCC1CCN(C(=O)Cc2ccc(S(=O)(=O)N3CCCCC3)s2)C1. The molecule has 140 valence electrons. The maximum Gasteiger partial charge on any atom is 0.252 e. The molecule has 0 aromatic carbocycles. The molecule has 25 heavy (non-hydrogen) atoms. The molecule has 2 aliphatic rings. The maximum atomic E-state index is 12.7. The molecule has 6 nitrogen and oxygen atoms in total. The summed E-state index contributed by atoms with van der Waals surface area (Å²) in [6.45, 7) is 3.74. The van der Waals surface area contributed by atoms with E-state index in [1.165, 1.54) is 11.3 Å². The molecule has 3 rings (SSSR count). The Morgan fingerprint density at radius 3 is 2.72 bits per heavy atom. The number of hydrogen-bond donors (Lipinski definition) is 1. The summed E-state index contributed by atoms with van der Waals surface area (Å²) in [6, 6.07) is 3.45. The van der Waals surface area contributed by atoms with Crippen LogP contribution in [-0.2, 0) is 21.2 Å². The second kappa shape index (κ2) is 8.16. The summed E-state index contributed by atoms with van der Waals surface area (Å²) in [7, 11) is -1.46. The number of amides is 1. The molecular formula is C17H27N3O3S2. The van der Waals surface area contributed by atoms with Gasteiger partial charge in [-0.15, -0.1) is 11.3 Å². The van der Waals surface area contributed by atoms with Crippen LogP contribution in [0.1, 0.15) is 30.6 Å². The highest BCUT2D eigenvalue weighted by Gasteiger charge is 2.29. The highest BCUT2D eigenvalue weighted by Crippen LogP contribution is 2.28. The normalized spacial score (nSPS) is 22.4. The number of carbonyl (C=O) groups excluding carboxylic acids is 1. The Hall–Kier alpha value is -0.960. The fourth-order valence-corrected chi connectivity index (χ4v) is 6.62. The third-order valence-corrected chi connectivity index (χ3v) is 8.45. The van der Waals surface area contributed by atoms with E-state index in [0.717, 1.165) is 50.2 Å². The van der Waals surface area contributed by atoms with E-state index >= 15 is 0 Å². The minimum Gasteiger partial charge on any atom is -0.342 e. The van der Waals surface area contributed by atoms with E-state index in [4.69, 9.17) is 0 Å². The van der Waals surface area contributed by atoms with E-state index in [2.05, 4.69) is 5.32 Å². The standard InChI is InChI=1S/C17H27N3O3S2/c1-18-12-14-7-10-19(13-14)16(21)11-15-5-6-17(24-15)25(22,23)20-8-3-2-4-9-20/h5-6,14,18H,2-4,7-13H2,1H3. The number of nitrogens with one attached hydrogen (secondary N) is 1. The zero-order valence-corrected chi connectivity index (χ0v) is 16.4. The summed E-state index contributed by atoms with van der Waals surface area (Å²) in [5.41, 5.74) is 0. The molecule has 1 unspecified atom stereocenters. The first-order valence-electron chi connectivity index (χ1n) is 9.02. The smallest absolute Gasteiger partial charge is 0.252 e. The van der Waals surface area contributed by atoms with Crippen molar-refractivity contribution in [3.63, 3.8) is 0 Å². The van der Waals surface area contributed by atoms with Gasteiger partial charge in [0.25, 0.3) is 10.0 Å². The Morgan fingerprint density at radius 2 is 2.00 bits per heavy atom. The van der Waals surface area contributed by atoms with Crippen molar-refractivity contribution in [1.29, 1.82) is 0 Å². The number of hydrogen-bond acceptors (Lipinski definition) is 5. The highest BCUT2D eigenvalue weighted by atomic mass is 32.2. The third kappa shape index (κ3) is 4.42. The molecule has 0 saturated carbocycles. The van der Waals surface area contributed by atoms with Gasteiger partial charge in [-0.3, -0.25) is 4.79 Å². The van der Waals surface area contributed by atoms with Crippen LogP contribution in [0.3, 0.4) is 0 Å². The maximum absolute atomic E-state index is 12.7. The quantitative estimate of drug-likeness (QED) is 0.806. The Morgan fingerprint density at radius 1 is 1.24 bits per heavy atom. The minimum atomic E-state index is -3.39. The Balaban J connectivity index is 1.61. The van der Waals surface area contributed by atoms with Gasteiger partial charge in [0.05, 0.1) is 6.42 Å². The average Bonchev–Trinajstić information content (AvgIpc) is 3.26. The van der Waals surface area contributed by atoms with Crippen molar-refractivity contribution in [1.82, 2.24) is 14.5 Å². The van der Waals surface area contributed by atoms with E-state index in [9.17, 15) is 13.2 Å². The molecule has 3 heterocycles. The molecule has 0 bridgehead atoms. The molecule has 2 saturated heterocycles. The molecule has 0 spiro atoms. The van der Waals surface area contributed by atoms with Gasteiger partial charge < -0.3 is 10.2 Å². The van der Waals surface area contributed by atoms with Crippen LogP contribution in [0.4, 0.5) is 0 Å². The van der Waals surface area contributed by atoms with Gasteiger partial charge in [0.2, 0.25) is 5.91 Å². The molecule has 1 aromatic rings. The number of piperidine rings is 1. The number of sulfonamides is 1. The van der Waals surface area contributed by atoms with Gasteiger partial charge in [-0.05, 0) is 50.9 Å². The second-order valence-corrected chi connectivity index (χ2v) is 10.2. The number of rotatable bonds is 6. The van der Waals surface area contributed by atoms with Crippen LogP contribution in [0.2, 0.25) is 0 Å². The van der Waals surface area contributed by atoms with Crippen LogP contribution in [0, 0.1) is 5.92 Å². The van der Waals surface area contributed by atoms with Gasteiger partial charge in [-0.25, -0.2) is 8.42 Å². The summed E-state index contributed by atoms with van der Waals surface area (Å²) in [4.78, 5) is 15.2. The lowest BCUT2D eigenvalue weighted by molar-refractivity contribution is -0.129. The van der Waals surface area contributed by atoms with E-state index in [0.29, 0.717) is 29.6 Å². The first-order chi connectivity index (χ1) is 12.0. The van der Waals surface area contributed by atoms with Gasteiger partial charge in [-0.2, -0.15) is 4.31 Å². The largest absolute Gasteiger partial charge is 0.342 e. The van der Waals surface area contributed by atoms with Crippen molar-refractivity contribution in [2.45, 2.75) is 36.3 Å². The molecule has 2 aliphatic heterocycles. The summed E-state index contributed by atoms with van der Waals surface area (Å²) in [5.74, 6) is 0.620. The first-order valence-corrected chi connectivity index (χ1v) is 11.3. The molecule has 8 heteroatoms. The molecule has 0 radical (unpaired) electrons. The lowest BCUT2D eigenvalue weighted by atomic mass is 10.1. The molecule has 1 aromatic heterocycles. The van der Waals surface area contributed by atoms with Gasteiger partial charge >= 0.3 is 0 Å². The summed E-state index contributed by atoms with van der Waals surface area (Å²) in [5, 5.41) is 3.16. The summed E-state index contributed by atoms with van der Waals surface area (Å²) in [6.07, 6.45) is 4.29.